The Morgan fingerprint density at radius 3 is 2.38 bits per heavy atom. The molecule has 3 N–H and O–H groups in total. The van der Waals surface area contributed by atoms with Crippen molar-refractivity contribution in [2.45, 2.75) is 13.5 Å². The molecule has 0 fully saturated rings. The molecule has 9 heteroatoms. The van der Waals surface area contributed by atoms with Crippen molar-refractivity contribution < 1.29 is 9.21 Å². The van der Waals surface area contributed by atoms with E-state index in [1.807, 2.05) is 60.7 Å². The fourth-order valence-electron chi connectivity index (χ4n) is 3.38. The Morgan fingerprint density at radius 2 is 1.72 bits per heavy atom. The van der Waals surface area contributed by atoms with Crippen LogP contribution in [0.25, 0.3) is 11.5 Å². The van der Waals surface area contributed by atoms with Crippen LogP contribution in [0.3, 0.4) is 0 Å². The van der Waals surface area contributed by atoms with Gasteiger partial charge in [0, 0.05) is 12.6 Å². The first-order valence-corrected chi connectivity index (χ1v) is 9.84. The van der Waals surface area contributed by atoms with Gasteiger partial charge in [0.1, 0.15) is 11.6 Å². The number of carbonyl (C=O) groups excluding carboxylic acids is 1. The summed E-state index contributed by atoms with van der Waals surface area (Å²) >= 11 is 0. The summed E-state index contributed by atoms with van der Waals surface area (Å²) in [4.78, 5) is 45.8. The molecule has 0 aliphatic heterocycles. The maximum Gasteiger partial charge on any atom is 0.330 e. The predicted octanol–water partition coefficient (Wildman–Crippen LogP) is 2.41. The topological polar surface area (TPSA) is 127 Å². The highest BCUT2D eigenvalue weighted by molar-refractivity contribution is 6.06. The number of nitrogen functional groups attached to an aromatic ring is 1. The molecule has 0 aliphatic carbocycles. The number of benzene rings is 2. The van der Waals surface area contributed by atoms with Crippen LogP contribution in [0.15, 0.2) is 74.7 Å². The zero-order chi connectivity index (χ0) is 22.8. The van der Waals surface area contributed by atoms with E-state index >= 15 is 0 Å². The largest absolute Gasteiger partial charge is 0.441 e. The molecule has 162 valence electrons. The van der Waals surface area contributed by atoms with E-state index in [0.29, 0.717) is 11.3 Å². The third-order valence-electron chi connectivity index (χ3n) is 5.06. The van der Waals surface area contributed by atoms with Crippen molar-refractivity contribution in [3.8, 4) is 11.5 Å². The molecule has 2 aromatic carbocycles. The lowest BCUT2D eigenvalue weighted by Gasteiger charge is -2.19. The molecule has 4 rings (SSSR count). The maximum absolute atomic E-state index is 13.2. The van der Waals surface area contributed by atoms with Crippen molar-refractivity contribution in [3.63, 3.8) is 0 Å². The first kappa shape index (κ1) is 20.9. The lowest BCUT2D eigenvalue weighted by molar-refractivity contribution is 0.0987. The van der Waals surface area contributed by atoms with Crippen LogP contribution in [0.4, 0.5) is 11.5 Å². The van der Waals surface area contributed by atoms with Crippen molar-refractivity contribution in [1.82, 2.24) is 14.5 Å². The van der Waals surface area contributed by atoms with E-state index in [1.165, 1.54) is 11.6 Å². The Labute approximate surface area is 182 Å². The van der Waals surface area contributed by atoms with Gasteiger partial charge in [-0.25, -0.2) is 9.78 Å². The number of aromatic amines is 1. The molecule has 32 heavy (non-hydrogen) atoms. The van der Waals surface area contributed by atoms with Gasteiger partial charge in [-0.3, -0.25) is 19.1 Å². The number of aromatic nitrogens is 3. The number of hydrogen-bond donors (Lipinski definition) is 2. The van der Waals surface area contributed by atoms with Gasteiger partial charge in [0.25, 0.3) is 11.5 Å². The van der Waals surface area contributed by atoms with E-state index in [0.717, 1.165) is 10.5 Å². The Bertz CT molecular complexity index is 1390. The number of amides is 1. The third-order valence-corrected chi connectivity index (χ3v) is 5.06. The second kappa shape index (κ2) is 8.38. The highest BCUT2D eigenvalue weighted by Gasteiger charge is 2.26. The first-order valence-electron chi connectivity index (χ1n) is 9.84. The molecule has 1 amide bonds. The van der Waals surface area contributed by atoms with Crippen LogP contribution in [-0.4, -0.2) is 27.5 Å². The maximum atomic E-state index is 13.2. The SMILES string of the molecule is Cc1oc(-c2ccccc2)nc1C(=O)N(C)c1c(N)n(Cc2ccccc2)c(=O)[nH]c1=O. The number of hydrogen-bond acceptors (Lipinski definition) is 6. The number of carbonyl (C=O) groups is 1. The second-order valence-corrected chi connectivity index (χ2v) is 7.22. The average molecular weight is 431 g/mol. The molecule has 0 unspecified atom stereocenters. The summed E-state index contributed by atoms with van der Waals surface area (Å²) in [5.74, 6) is -0.123. The number of nitrogens with zero attached hydrogens (tertiary/aromatic N) is 3. The highest BCUT2D eigenvalue weighted by Crippen LogP contribution is 2.24. The zero-order valence-electron chi connectivity index (χ0n) is 17.5. The van der Waals surface area contributed by atoms with Crippen LogP contribution >= 0.6 is 0 Å². The van der Waals surface area contributed by atoms with Gasteiger partial charge < -0.3 is 15.1 Å². The molecule has 0 radical (unpaired) electrons. The monoisotopic (exact) mass is 431 g/mol. The minimum Gasteiger partial charge on any atom is -0.441 e. The predicted molar refractivity (Wildman–Crippen MR) is 121 cm³/mol. The van der Waals surface area contributed by atoms with Gasteiger partial charge in [-0.1, -0.05) is 48.5 Å². The summed E-state index contributed by atoms with van der Waals surface area (Å²) in [7, 11) is 1.40. The number of rotatable bonds is 5. The minimum absolute atomic E-state index is 0.0472. The number of anilines is 2. The average Bonchev–Trinajstić information content (AvgIpc) is 3.18. The molecular formula is C23H21N5O4. The summed E-state index contributed by atoms with van der Waals surface area (Å²) in [5, 5.41) is 0. The van der Waals surface area contributed by atoms with Gasteiger partial charge in [-0.2, -0.15) is 0 Å². The van der Waals surface area contributed by atoms with Crippen molar-refractivity contribution in [1.29, 1.82) is 0 Å². The highest BCUT2D eigenvalue weighted by atomic mass is 16.4. The molecule has 2 heterocycles. The lowest BCUT2D eigenvalue weighted by Crippen LogP contribution is -2.39. The molecular weight excluding hydrogens is 410 g/mol. The van der Waals surface area contributed by atoms with Gasteiger partial charge in [0.05, 0.1) is 6.54 Å². The second-order valence-electron chi connectivity index (χ2n) is 7.22. The van der Waals surface area contributed by atoms with Crippen LogP contribution in [0.2, 0.25) is 0 Å². The van der Waals surface area contributed by atoms with Crippen LogP contribution < -0.4 is 21.9 Å². The summed E-state index contributed by atoms with van der Waals surface area (Å²) in [6.45, 7) is 1.75. The summed E-state index contributed by atoms with van der Waals surface area (Å²) in [6.07, 6.45) is 0. The minimum atomic E-state index is -0.767. The molecule has 0 aliphatic rings. The van der Waals surface area contributed by atoms with E-state index in [9.17, 15) is 14.4 Å². The van der Waals surface area contributed by atoms with Crippen molar-refractivity contribution in [2.75, 3.05) is 17.7 Å². The summed E-state index contributed by atoms with van der Waals surface area (Å²) in [5.41, 5.74) is 6.19. The summed E-state index contributed by atoms with van der Waals surface area (Å²) in [6, 6.07) is 18.3. The van der Waals surface area contributed by atoms with Crippen LogP contribution in [0, 0.1) is 6.92 Å². The van der Waals surface area contributed by atoms with Gasteiger partial charge in [0.2, 0.25) is 5.89 Å². The van der Waals surface area contributed by atoms with Gasteiger partial charge in [-0.15, -0.1) is 0 Å². The lowest BCUT2D eigenvalue weighted by atomic mass is 10.2. The van der Waals surface area contributed by atoms with E-state index in [1.54, 1.807) is 6.92 Å². The Balaban J connectivity index is 1.72. The molecule has 0 atom stereocenters. The molecule has 0 spiro atoms. The van der Waals surface area contributed by atoms with Crippen LogP contribution in [0.5, 0.6) is 0 Å². The van der Waals surface area contributed by atoms with E-state index in [-0.39, 0.29) is 29.6 Å². The fourth-order valence-corrected chi connectivity index (χ4v) is 3.38. The number of aryl methyl sites for hydroxylation is 1. The molecule has 0 saturated heterocycles. The Morgan fingerprint density at radius 1 is 1.09 bits per heavy atom. The van der Waals surface area contributed by atoms with Crippen molar-refractivity contribution >= 4 is 17.4 Å². The van der Waals surface area contributed by atoms with E-state index < -0.39 is 17.2 Å². The first-order chi connectivity index (χ1) is 15.4. The van der Waals surface area contributed by atoms with Gasteiger partial charge in [-0.05, 0) is 24.6 Å². The normalized spacial score (nSPS) is 10.8. The molecule has 0 bridgehead atoms. The molecule has 2 aromatic heterocycles. The molecule has 9 nitrogen and oxygen atoms in total. The number of H-pyrrole nitrogens is 1. The Hall–Kier alpha value is -4.40. The van der Waals surface area contributed by atoms with Gasteiger partial charge in [0.15, 0.2) is 11.4 Å². The smallest absolute Gasteiger partial charge is 0.330 e. The standard InChI is InChI=1S/C23H21N5O4/c1-14-17(25-21(32-14)16-11-7-4-8-12-16)22(30)27(2)18-19(24)28(23(31)26-20(18)29)13-15-9-5-3-6-10-15/h3-12H,13,24H2,1-2H3,(H,26,29,31). The third kappa shape index (κ3) is 3.83. The summed E-state index contributed by atoms with van der Waals surface area (Å²) < 4.78 is 6.87. The molecule has 4 aromatic rings. The quantitative estimate of drug-likeness (QED) is 0.500. The van der Waals surface area contributed by atoms with Crippen LogP contribution in [-0.2, 0) is 6.54 Å². The van der Waals surface area contributed by atoms with E-state index in [2.05, 4.69) is 9.97 Å². The number of nitrogens with two attached hydrogens (primary N) is 1. The van der Waals surface area contributed by atoms with Crippen molar-refractivity contribution in [2.24, 2.45) is 0 Å². The number of nitrogens with one attached hydrogen (secondary N) is 1. The fraction of sp³-hybridized carbons (Fsp3) is 0.130. The zero-order valence-corrected chi connectivity index (χ0v) is 17.5. The van der Waals surface area contributed by atoms with Crippen molar-refractivity contribution in [3.05, 3.63) is 98.5 Å². The van der Waals surface area contributed by atoms with Crippen LogP contribution in [0.1, 0.15) is 21.8 Å². The number of oxazole rings is 1. The van der Waals surface area contributed by atoms with E-state index in [4.69, 9.17) is 10.2 Å². The van der Waals surface area contributed by atoms with Gasteiger partial charge >= 0.3 is 5.69 Å². The Kier molecular flexibility index (Phi) is 5.46. The molecule has 0 saturated carbocycles.